The molecule has 3 aromatic rings. The summed E-state index contributed by atoms with van der Waals surface area (Å²) in [5.74, 6) is -0.630. The van der Waals surface area contributed by atoms with Crippen molar-refractivity contribution in [1.82, 2.24) is 15.0 Å². The molecule has 154 valence electrons. The summed E-state index contributed by atoms with van der Waals surface area (Å²) < 4.78 is 4.71. The Morgan fingerprint density at radius 1 is 1.27 bits per heavy atom. The summed E-state index contributed by atoms with van der Waals surface area (Å²) in [6.45, 7) is 6.38. The number of nitrogens with one attached hydrogen (secondary N) is 3. The molecule has 3 rings (SSSR count). The lowest BCUT2D eigenvalue weighted by Gasteiger charge is -2.09. The average Bonchev–Trinajstić information content (AvgIpc) is 3.19. The lowest BCUT2D eigenvalue weighted by molar-refractivity contribution is -0.113. The Labute approximate surface area is 174 Å². The van der Waals surface area contributed by atoms with E-state index in [1.165, 1.54) is 7.11 Å². The summed E-state index contributed by atoms with van der Waals surface area (Å²) in [6.07, 6.45) is 7.24. The Balaban J connectivity index is 1.63. The number of aromatic nitrogens is 3. The molecule has 0 aliphatic heterocycles. The van der Waals surface area contributed by atoms with Crippen LogP contribution in [0, 0.1) is 0 Å². The number of hydrogen-bond acceptors (Lipinski definition) is 6. The van der Waals surface area contributed by atoms with Crippen LogP contribution in [-0.2, 0) is 9.53 Å². The van der Waals surface area contributed by atoms with Crippen LogP contribution < -0.4 is 10.6 Å². The number of amides is 1. The molecule has 0 unspecified atom stereocenters. The van der Waals surface area contributed by atoms with Gasteiger partial charge in [0, 0.05) is 23.7 Å². The van der Waals surface area contributed by atoms with Crippen LogP contribution in [-0.4, -0.2) is 40.5 Å². The van der Waals surface area contributed by atoms with Crippen LogP contribution in [0.15, 0.2) is 66.7 Å². The molecule has 3 aromatic heterocycles. The highest BCUT2D eigenvalue weighted by atomic mass is 16.5. The number of H-pyrrole nitrogens is 1. The lowest BCUT2D eigenvalue weighted by atomic mass is 10.1. The number of pyridine rings is 2. The summed E-state index contributed by atoms with van der Waals surface area (Å²) in [5, 5.41) is 6.84. The second-order valence-corrected chi connectivity index (χ2v) is 6.57. The van der Waals surface area contributed by atoms with E-state index in [2.05, 4.69) is 32.2 Å². The van der Waals surface area contributed by atoms with Gasteiger partial charge in [0.1, 0.15) is 11.3 Å². The molecule has 0 aliphatic rings. The van der Waals surface area contributed by atoms with Gasteiger partial charge in [-0.25, -0.2) is 9.78 Å². The van der Waals surface area contributed by atoms with Gasteiger partial charge in [0.15, 0.2) is 0 Å². The average molecular weight is 405 g/mol. The molecule has 0 atom stereocenters. The molecular formula is C22H23N5O3. The molecule has 8 nitrogen and oxygen atoms in total. The SMILES string of the molecule is C=C(/C=C(\CC)C(=O)Nc1cccnc1)CNc1cnc2[nH]c(C(=O)OC)cc2c1. The molecule has 3 N–H and O–H groups in total. The van der Waals surface area contributed by atoms with Crippen LogP contribution in [0.4, 0.5) is 11.4 Å². The molecular weight excluding hydrogens is 382 g/mol. The minimum Gasteiger partial charge on any atom is -0.464 e. The van der Waals surface area contributed by atoms with Crippen molar-refractivity contribution in [2.75, 3.05) is 24.3 Å². The normalized spacial score (nSPS) is 11.2. The van der Waals surface area contributed by atoms with E-state index in [1.807, 2.05) is 13.0 Å². The van der Waals surface area contributed by atoms with Crippen LogP contribution in [0.3, 0.4) is 0 Å². The van der Waals surface area contributed by atoms with Gasteiger partial charge in [-0.2, -0.15) is 0 Å². The van der Waals surface area contributed by atoms with Gasteiger partial charge >= 0.3 is 5.97 Å². The van der Waals surface area contributed by atoms with E-state index in [1.54, 1.807) is 42.9 Å². The van der Waals surface area contributed by atoms with Crippen molar-refractivity contribution in [2.45, 2.75) is 13.3 Å². The summed E-state index contributed by atoms with van der Waals surface area (Å²) >= 11 is 0. The van der Waals surface area contributed by atoms with E-state index in [0.717, 1.165) is 16.6 Å². The van der Waals surface area contributed by atoms with Gasteiger partial charge in [0.2, 0.25) is 0 Å². The number of hydrogen-bond donors (Lipinski definition) is 3. The molecule has 0 saturated carbocycles. The molecule has 8 heteroatoms. The summed E-state index contributed by atoms with van der Waals surface area (Å²) in [5.41, 5.74) is 3.72. The Morgan fingerprint density at radius 2 is 2.10 bits per heavy atom. The van der Waals surface area contributed by atoms with Gasteiger partial charge in [-0.3, -0.25) is 9.78 Å². The number of methoxy groups -OCH3 is 1. The second-order valence-electron chi connectivity index (χ2n) is 6.57. The van der Waals surface area contributed by atoms with Gasteiger partial charge < -0.3 is 20.4 Å². The van der Waals surface area contributed by atoms with Gasteiger partial charge in [0.25, 0.3) is 5.91 Å². The van der Waals surface area contributed by atoms with E-state index in [0.29, 0.717) is 35.6 Å². The molecule has 0 spiro atoms. The molecule has 30 heavy (non-hydrogen) atoms. The maximum atomic E-state index is 12.5. The monoisotopic (exact) mass is 405 g/mol. The fraction of sp³-hybridized carbons (Fsp3) is 0.182. The summed E-state index contributed by atoms with van der Waals surface area (Å²) in [7, 11) is 1.33. The van der Waals surface area contributed by atoms with Gasteiger partial charge in [-0.05, 0) is 42.3 Å². The first-order valence-corrected chi connectivity index (χ1v) is 9.40. The van der Waals surface area contributed by atoms with Crippen molar-refractivity contribution in [3.63, 3.8) is 0 Å². The number of rotatable bonds is 8. The number of carbonyl (C=O) groups excluding carboxylic acids is 2. The first kappa shape index (κ1) is 20.8. The number of ether oxygens (including phenoxy) is 1. The van der Waals surface area contributed by atoms with Crippen LogP contribution in [0.2, 0.25) is 0 Å². The number of fused-ring (bicyclic) bond motifs is 1. The minimum absolute atomic E-state index is 0.183. The summed E-state index contributed by atoms with van der Waals surface area (Å²) in [6, 6.07) is 7.10. The van der Waals surface area contributed by atoms with Crippen molar-refractivity contribution in [3.8, 4) is 0 Å². The fourth-order valence-corrected chi connectivity index (χ4v) is 2.82. The van der Waals surface area contributed by atoms with Crippen LogP contribution in [0.25, 0.3) is 11.0 Å². The highest BCUT2D eigenvalue weighted by molar-refractivity contribution is 6.03. The molecule has 0 radical (unpaired) electrons. The van der Waals surface area contributed by atoms with Crippen LogP contribution in [0.5, 0.6) is 0 Å². The second kappa shape index (κ2) is 9.51. The van der Waals surface area contributed by atoms with E-state index in [4.69, 9.17) is 4.74 Å². The highest BCUT2D eigenvalue weighted by Crippen LogP contribution is 2.19. The quantitative estimate of drug-likeness (QED) is 0.300. The number of anilines is 2. The maximum absolute atomic E-state index is 12.5. The predicted molar refractivity (Wildman–Crippen MR) is 116 cm³/mol. The zero-order chi connectivity index (χ0) is 21.5. The van der Waals surface area contributed by atoms with Crippen LogP contribution in [0.1, 0.15) is 23.8 Å². The minimum atomic E-state index is -0.447. The third-order valence-electron chi connectivity index (χ3n) is 4.37. The Kier molecular flexibility index (Phi) is 6.59. The van der Waals surface area contributed by atoms with Gasteiger partial charge in [-0.1, -0.05) is 13.5 Å². The van der Waals surface area contributed by atoms with E-state index in [-0.39, 0.29) is 5.91 Å². The topological polar surface area (TPSA) is 109 Å². The van der Waals surface area contributed by atoms with E-state index < -0.39 is 5.97 Å². The number of nitrogens with zero attached hydrogens (tertiary/aromatic N) is 2. The van der Waals surface area contributed by atoms with Gasteiger partial charge in [-0.15, -0.1) is 0 Å². The molecule has 0 aliphatic carbocycles. The fourth-order valence-electron chi connectivity index (χ4n) is 2.82. The molecule has 0 fully saturated rings. The first-order chi connectivity index (χ1) is 14.5. The van der Waals surface area contributed by atoms with Crippen molar-refractivity contribution in [3.05, 3.63) is 72.4 Å². The zero-order valence-corrected chi connectivity index (χ0v) is 16.9. The lowest BCUT2D eigenvalue weighted by Crippen LogP contribution is -2.15. The molecule has 0 bridgehead atoms. The van der Waals surface area contributed by atoms with Crippen molar-refractivity contribution in [2.24, 2.45) is 0 Å². The molecule has 0 saturated heterocycles. The largest absolute Gasteiger partial charge is 0.464 e. The zero-order valence-electron chi connectivity index (χ0n) is 16.9. The number of esters is 1. The van der Waals surface area contributed by atoms with E-state index in [9.17, 15) is 9.59 Å². The number of aromatic amines is 1. The smallest absolute Gasteiger partial charge is 0.354 e. The maximum Gasteiger partial charge on any atom is 0.354 e. The standard InChI is InChI=1S/C22H23N5O3/c1-4-15(21(28)26-17-6-5-7-23-12-17)8-14(2)11-24-18-9-16-10-19(22(29)30-3)27-20(16)25-13-18/h5-10,12-13,24H,2,4,11H2,1,3H3,(H,25,27)(H,26,28)/b15-8+. The number of carbonyl (C=O) groups is 2. The van der Waals surface area contributed by atoms with E-state index >= 15 is 0 Å². The van der Waals surface area contributed by atoms with Crippen molar-refractivity contribution >= 4 is 34.3 Å². The third kappa shape index (κ3) is 5.11. The Morgan fingerprint density at radius 3 is 2.80 bits per heavy atom. The first-order valence-electron chi connectivity index (χ1n) is 9.40. The van der Waals surface area contributed by atoms with Crippen molar-refractivity contribution < 1.29 is 14.3 Å². The molecule has 3 heterocycles. The Bertz CT molecular complexity index is 1100. The summed E-state index contributed by atoms with van der Waals surface area (Å²) in [4.78, 5) is 35.3. The van der Waals surface area contributed by atoms with Gasteiger partial charge in [0.05, 0.1) is 30.9 Å². The van der Waals surface area contributed by atoms with Crippen molar-refractivity contribution in [1.29, 1.82) is 0 Å². The molecule has 0 aromatic carbocycles. The van der Waals surface area contributed by atoms with Crippen LogP contribution >= 0.6 is 0 Å². The molecule has 1 amide bonds. The third-order valence-corrected chi connectivity index (χ3v) is 4.37. The highest BCUT2D eigenvalue weighted by Gasteiger charge is 2.11. The Hall–Kier alpha value is -3.94. The predicted octanol–water partition coefficient (Wildman–Crippen LogP) is 3.69.